The third-order valence-corrected chi connectivity index (χ3v) is 6.03. The molecule has 1 atom stereocenters. The van der Waals surface area contributed by atoms with Gasteiger partial charge in [0.25, 0.3) is 5.91 Å². The zero-order valence-corrected chi connectivity index (χ0v) is 17.8. The molecule has 1 aliphatic rings. The Bertz CT molecular complexity index is 903. The lowest BCUT2D eigenvalue weighted by Gasteiger charge is -2.18. The van der Waals surface area contributed by atoms with E-state index in [1.807, 2.05) is 6.92 Å². The number of nitrogens with one attached hydrogen (secondary N) is 2. The van der Waals surface area contributed by atoms with Gasteiger partial charge in [-0.2, -0.15) is 5.10 Å². The largest absolute Gasteiger partial charge is 0.462 e. The topological polar surface area (TPSA) is 85.2 Å². The summed E-state index contributed by atoms with van der Waals surface area (Å²) >= 11 is 6.82. The van der Waals surface area contributed by atoms with Crippen LogP contribution in [0.25, 0.3) is 0 Å². The molecule has 0 aromatic carbocycles. The Labute approximate surface area is 173 Å². The van der Waals surface area contributed by atoms with Crippen molar-refractivity contribution in [3.05, 3.63) is 34.0 Å². The van der Waals surface area contributed by atoms with Crippen LogP contribution in [0.4, 0.5) is 5.00 Å². The van der Waals surface area contributed by atoms with E-state index < -0.39 is 0 Å². The van der Waals surface area contributed by atoms with Crippen LogP contribution in [0, 0.1) is 5.92 Å². The van der Waals surface area contributed by atoms with Gasteiger partial charge in [0, 0.05) is 18.1 Å². The fourth-order valence-corrected chi connectivity index (χ4v) is 4.88. The van der Waals surface area contributed by atoms with Crippen LogP contribution in [0.5, 0.6) is 0 Å². The molecule has 0 aliphatic heterocycles. The standard InChI is InChI=1S/C19H24N4O3S2/c1-4-9-26-18(25)15-12-6-5-11(2)10-14(12)28-17(15)22-19(27)21-16(24)13-7-8-20-23(13)3/h7-8,11H,4-6,9-10H2,1-3H3,(H2,21,22,24,27)/t11-/m0/s1. The first kappa shape index (κ1) is 20.5. The van der Waals surface area contributed by atoms with Gasteiger partial charge in [-0.05, 0) is 55.4 Å². The molecular formula is C19H24N4O3S2. The Hall–Kier alpha value is -2.26. The highest BCUT2D eigenvalue weighted by molar-refractivity contribution is 7.80. The highest BCUT2D eigenvalue weighted by atomic mass is 32.1. The Morgan fingerprint density at radius 1 is 1.46 bits per heavy atom. The minimum absolute atomic E-state index is 0.141. The minimum atomic E-state index is -0.359. The summed E-state index contributed by atoms with van der Waals surface area (Å²) in [5.74, 6) is -0.116. The number of fused-ring (bicyclic) bond motifs is 1. The molecule has 0 bridgehead atoms. The number of thiophene rings is 1. The Morgan fingerprint density at radius 3 is 2.93 bits per heavy atom. The van der Waals surface area contributed by atoms with Gasteiger partial charge in [0.05, 0.1) is 12.2 Å². The number of carbonyl (C=O) groups is 2. The van der Waals surface area contributed by atoms with Crippen molar-refractivity contribution in [1.29, 1.82) is 0 Å². The van der Waals surface area contributed by atoms with Crippen LogP contribution in [0.15, 0.2) is 12.3 Å². The molecule has 0 unspecified atom stereocenters. The molecule has 0 saturated carbocycles. The number of ether oxygens (including phenoxy) is 1. The van der Waals surface area contributed by atoms with Crippen LogP contribution in [0.3, 0.4) is 0 Å². The number of hydrogen-bond donors (Lipinski definition) is 2. The quantitative estimate of drug-likeness (QED) is 0.570. The first-order valence-electron chi connectivity index (χ1n) is 9.32. The van der Waals surface area contributed by atoms with Gasteiger partial charge < -0.3 is 10.1 Å². The van der Waals surface area contributed by atoms with Crippen LogP contribution in [-0.4, -0.2) is 33.4 Å². The number of amides is 1. The second-order valence-corrected chi connectivity index (χ2v) is 8.45. The number of aryl methyl sites for hydroxylation is 1. The van der Waals surface area contributed by atoms with Crippen LogP contribution in [0.1, 0.15) is 58.0 Å². The number of esters is 1. The lowest BCUT2D eigenvalue weighted by molar-refractivity contribution is 0.0505. The van der Waals surface area contributed by atoms with Crippen molar-refractivity contribution in [1.82, 2.24) is 15.1 Å². The van der Waals surface area contributed by atoms with Crippen molar-refractivity contribution in [3.8, 4) is 0 Å². The maximum atomic E-state index is 12.7. The monoisotopic (exact) mass is 420 g/mol. The van der Waals surface area contributed by atoms with Crippen molar-refractivity contribution in [2.24, 2.45) is 13.0 Å². The number of thiocarbonyl (C=S) groups is 1. The maximum absolute atomic E-state index is 12.7. The van der Waals surface area contributed by atoms with Gasteiger partial charge in [0.15, 0.2) is 5.11 Å². The SMILES string of the molecule is CCCOC(=O)c1c(NC(=S)NC(=O)c2ccnn2C)sc2c1CC[C@H](C)C2. The molecule has 7 nitrogen and oxygen atoms in total. The molecule has 2 aromatic heterocycles. The lowest BCUT2D eigenvalue weighted by atomic mass is 9.88. The van der Waals surface area contributed by atoms with Crippen molar-refractivity contribution in [2.45, 2.75) is 39.5 Å². The molecular weight excluding hydrogens is 396 g/mol. The number of aromatic nitrogens is 2. The number of carbonyl (C=O) groups excluding carboxylic acids is 2. The molecule has 1 aliphatic carbocycles. The summed E-state index contributed by atoms with van der Waals surface area (Å²) in [5, 5.41) is 10.4. The fourth-order valence-electron chi connectivity index (χ4n) is 3.22. The Morgan fingerprint density at radius 2 is 2.25 bits per heavy atom. The zero-order chi connectivity index (χ0) is 20.3. The second kappa shape index (κ2) is 8.83. The molecule has 1 amide bonds. The van der Waals surface area contributed by atoms with Gasteiger partial charge in [0.2, 0.25) is 0 Å². The average molecular weight is 421 g/mol. The third-order valence-electron chi connectivity index (χ3n) is 4.66. The molecule has 150 valence electrons. The number of hydrogen-bond acceptors (Lipinski definition) is 6. The Kier molecular flexibility index (Phi) is 6.46. The van der Waals surface area contributed by atoms with Gasteiger partial charge >= 0.3 is 5.97 Å². The summed E-state index contributed by atoms with van der Waals surface area (Å²) < 4.78 is 6.86. The highest BCUT2D eigenvalue weighted by Gasteiger charge is 2.29. The molecule has 0 radical (unpaired) electrons. The number of rotatable bonds is 5. The zero-order valence-electron chi connectivity index (χ0n) is 16.2. The molecule has 0 saturated heterocycles. The van der Waals surface area contributed by atoms with E-state index in [1.54, 1.807) is 19.3 Å². The molecule has 0 spiro atoms. The normalized spacial score (nSPS) is 15.6. The molecule has 2 N–H and O–H groups in total. The van der Waals surface area contributed by atoms with Gasteiger partial charge in [-0.3, -0.25) is 14.8 Å². The fraction of sp³-hybridized carbons (Fsp3) is 0.474. The van der Waals surface area contributed by atoms with Crippen LogP contribution < -0.4 is 10.6 Å². The summed E-state index contributed by atoms with van der Waals surface area (Å²) in [4.78, 5) is 26.2. The van der Waals surface area contributed by atoms with Crippen LogP contribution >= 0.6 is 23.6 Å². The smallest absolute Gasteiger partial charge is 0.341 e. The van der Waals surface area contributed by atoms with E-state index in [0.29, 0.717) is 28.8 Å². The summed E-state index contributed by atoms with van der Waals surface area (Å²) in [5.41, 5.74) is 2.00. The van der Waals surface area contributed by atoms with Crippen molar-refractivity contribution in [3.63, 3.8) is 0 Å². The second-order valence-electron chi connectivity index (χ2n) is 6.94. The van der Waals surface area contributed by atoms with E-state index in [9.17, 15) is 9.59 Å². The van der Waals surface area contributed by atoms with E-state index in [-0.39, 0.29) is 17.0 Å². The summed E-state index contributed by atoms with van der Waals surface area (Å²) in [6.45, 7) is 4.55. The lowest BCUT2D eigenvalue weighted by Crippen LogP contribution is -2.35. The van der Waals surface area contributed by atoms with Crippen molar-refractivity contribution < 1.29 is 14.3 Å². The van der Waals surface area contributed by atoms with Gasteiger partial charge in [0.1, 0.15) is 10.7 Å². The van der Waals surface area contributed by atoms with Crippen molar-refractivity contribution >= 4 is 45.5 Å². The van der Waals surface area contributed by atoms with E-state index in [1.165, 1.54) is 20.9 Å². The summed E-state index contributed by atoms with van der Waals surface area (Å²) in [6, 6.07) is 1.61. The number of nitrogens with zero attached hydrogens (tertiary/aromatic N) is 2. The molecule has 28 heavy (non-hydrogen) atoms. The molecule has 3 rings (SSSR count). The van der Waals surface area contributed by atoms with Gasteiger partial charge in [-0.25, -0.2) is 4.79 Å². The van der Waals surface area contributed by atoms with Crippen molar-refractivity contribution in [2.75, 3.05) is 11.9 Å². The van der Waals surface area contributed by atoms with Crippen LogP contribution in [-0.2, 0) is 24.6 Å². The van der Waals surface area contributed by atoms with E-state index in [2.05, 4.69) is 22.7 Å². The Balaban J connectivity index is 1.80. The molecule has 9 heteroatoms. The number of anilines is 1. The summed E-state index contributed by atoms with van der Waals surface area (Å²) in [6.07, 6.45) is 5.13. The highest BCUT2D eigenvalue weighted by Crippen LogP contribution is 2.40. The van der Waals surface area contributed by atoms with Gasteiger partial charge in [-0.15, -0.1) is 11.3 Å². The first-order valence-corrected chi connectivity index (χ1v) is 10.5. The van der Waals surface area contributed by atoms with E-state index >= 15 is 0 Å². The van der Waals surface area contributed by atoms with E-state index in [4.69, 9.17) is 17.0 Å². The minimum Gasteiger partial charge on any atom is -0.462 e. The van der Waals surface area contributed by atoms with Crippen LogP contribution in [0.2, 0.25) is 0 Å². The predicted molar refractivity (Wildman–Crippen MR) is 113 cm³/mol. The first-order chi connectivity index (χ1) is 13.4. The molecule has 0 fully saturated rings. The third kappa shape index (κ3) is 4.41. The van der Waals surface area contributed by atoms with E-state index in [0.717, 1.165) is 31.2 Å². The average Bonchev–Trinajstić information content (AvgIpc) is 3.22. The van der Waals surface area contributed by atoms with Gasteiger partial charge in [-0.1, -0.05) is 13.8 Å². The summed E-state index contributed by atoms with van der Waals surface area (Å²) in [7, 11) is 1.68. The predicted octanol–water partition coefficient (Wildman–Crippen LogP) is 3.30. The molecule has 2 aromatic rings. The molecule has 2 heterocycles. The maximum Gasteiger partial charge on any atom is 0.341 e.